The first-order chi connectivity index (χ1) is 14.6. The van der Waals surface area contributed by atoms with E-state index in [4.69, 9.17) is 0 Å². The number of anilines is 2. The Balaban J connectivity index is 1.27. The molecule has 1 aliphatic heterocycles. The van der Waals surface area contributed by atoms with Gasteiger partial charge in [-0.25, -0.2) is 9.29 Å². The first-order valence-electron chi connectivity index (χ1n) is 11.1. The minimum Gasteiger partial charge on any atom is -0.356 e. The Morgan fingerprint density at radius 3 is 2.67 bits per heavy atom. The van der Waals surface area contributed by atoms with Gasteiger partial charge in [-0.3, -0.25) is 4.79 Å². The molecular formula is C24H30N4OS. The summed E-state index contributed by atoms with van der Waals surface area (Å²) in [6, 6.07) is 12.5. The van der Waals surface area contributed by atoms with Crippen molar-refractivity contribution >= 4 is 29.4 Å². The molecule has 1 aromatic carbocycles. The van der Waals surface area contributed by atoms with Crippen LogP contribution in [0, 0.1) is 5.41 Å². The summed E-state index contributed by atoms with van der Waals surface area (Å²) in [7, 11) is 2.16. The minimum absolute atomic E-state index is 0.0840. The lowest BCUT2D eigenvalue weighted by molar-refractivity contribution is 0.102. The fraction of sp³-hybridized carbons (Fsp3) is 0.500. The van der Waals surface area contributed by atoms with Crippen LogP contribution in [0.4, 0.5) is 11.5 Å². The van der Waals surface area contributed by atoms with Gasteiger partial charge in [-0.1, -0.05) is 12.5 Å². The molecule has 158 valence electrons. The number of rotatable bonds is 6. The smallest absolute Gasteiger partial charge is 0.259 e. The molecule has 0 radical (unpaired) electrons. The number of hydrogen-bond donors (Lipinski definition) is 1. The monoisotopic (exact) mass is 422 g/mol. The van der Waals surface area contributed by atoms with Crippen molar-refractivity contribution in [1.29, 1.82) is 0 Å². The van der Waals surface area contributed by atoms with Gasteiger partial charge in [-0.15, -0.1) is 0 Å². The average molecular weight is 423 g/mol. The molecule has 0 atom stereocenters. The predicted octanol–water partition coefficient (Wildman–Crippen LogP) is 5.21. The molecule has 0 unspecified atom stereocenters. The number of carbonyl (C=O) groups is 1. The fourth-order valence-electron chi connectivity index (χ4n) is 4.52. The van der Waals surface area contributed by atoms with Gasteiger partial charge < -0.3 is 10.2 Å². The van der Waals surface area contributed by atoms with Gasteiger partial charge in [0.25, 0.3) is 5.91 Å². The molecule has 1 spiro atoms. The van der Waals surface area contributed by atoms with E-state index in [1.165, 1.54) is 44.9 Å². The maximum atomic E-state index is 13.1. The number of benzene rings is 1. The van der Waals surface area contributed by atoms with Crippen molar-refractivity contribution in [3.8, 4) is 0 Å². The van der Waals surface area contributed by atoms with Crippen LogP contribution < -0.4 is 10.2 Å². The maximum absolute atomic E-state index is 13.1. The highest BCUT2D eigenvalue weighted by atomic mass is 32.2. The topological polar surface area (TPSA) is 48.5 Å². The Hall–Kier alpha value is -2.05. The van der Waals surface area contributed by atoms with E-state index >= 15 is 0 Å². The van der Waals surface area contributed by atoms with Crippen molar-refractivity contribution in [2.75, 3.05) is 30.4 Å². The summed E-state index contributed by atoms with van der Waals surface area (Å²) < 4.78 is 2.34. The van der Waals surface area contributed by atoms with Gasteiger partial charge in [0, 0.05) is 35.9 Å². The van der Waals surface area contributed by atoms with Crippen LogP contribution in [0.2, 0.25) is 0 Å². The van der Waals surface area contributed by atoms with E-state index in [0.717, 1.165) is 29.5 Å². The van der Waals surface area contributed by atoms with E-state index in [0.29, 0.717) is 17.0 Å². The molecule has 2 heterocycles. The zero-order valence-corrected chi connectivity index (χ0v) is 18.5. The highest BCUT2D eigenvalue weighted by Gasteiger charge is 2.44. The molecule has 3 fully saturated rings. The lowest BCUT2D eigenvalue weighted by atomic mass is 9.93. The maximum Gasteiger partial charge on any atom is 0.259 e. The van der Waals surface area contributed by atoms with Crippen molar-refractivity contribution in [3.05, 3.63) is 48.2 Å². The molecule has 1 saturated heterocycles. The Morgan fingerprint density at radius 1 is 1.17 bits per heavy atom. The first kappa shape index (κ1) is 19.9. The van der Waals surface area contributed by atoms with Gasteiger partial charge >= 0.3 is 0 Å². The third kappa shape index (κ3) is 4.21. The van der Waals surface area contributed by atoms with E-state index in [2.05, 4.69) is 38.7 Å². The SMILES string of the molecule is CN(Sc1cccc(NC(=O)c2cccnc2N2CCC3(CC2)CC3)c1)C1CCC1. The molecule has 2 aromatic rings. The van der Waals surface area contributed by atoms with Gasteiger partial charge in [0.1, 0.15) is 5.82 Å². The molecule has 6 heteroatoms. The summed E-state index contributed by atoms with van der Waals surface area (Å²) in [5, 5.41) is 3.10. The van der Waals surface area contributed by atoms with Crippen molar-refractivity contribution in [2.45, 2.75) is 55.9 Å². The van der Waals surface area contributed by atoms with Crippen LogP contribution >= 0.6 is 11.9 Å². The van der Waals surface area contributed by atoms with Gasteiger partial charge in [-0.2, -0.15) is 0 Å². The van der Waals surface area contributed by atoms with E-state index in [1.54, 1.807) is 18.1 Å². The summed E-state index contributed by atoms with van der Waals surface area (Å²) in [6.45, 7) is 1.99. The Bertz CT molecular complexity index is 915. The van der Waals surface area contributed by atoms with Crippen LogP contribution in [0.5, 0.6) is 0 Å². The number of hydrogen-bond acceptors (Lipinski definition) is 5. The second kappa shape index (κ2) is 8.23. The van der Waals surface area contributed by atoms with Crippen LogP contribution in [0.15, 0.2) is 47.5 Å². The van der Waals surface area contributed by atoms with Gasteiger partial charge in [0.05, 0.1) is 5.56 Å². The number of nitrogens with one attached hydrogen (secondary N) is 1. The summed E-state index contributed by atoms with van der Waals surface area (Å²) in [5.74, 6) is 0.736. The van der Waals surface area contributed by atoms with Crippen LogP contribution in [0.3, 0.4) is 0 Å². The van der Waals surface area contributed by atoms with Crippen molar-refractivity contribution < 1.29 is 4.79 Å². The molecule has 5 rings (SSSR count). The van der Waals surface area contributed by atoms with Gasteiger partial charge in [0.2, 0.25) is 0 Å². The Morgan fingerprint density at radius 2 is 1.97 bits per heavy atom. The average Bonchev–Trinajstić information content (AvgIpc) is 3.46. The summed E-state index contributed by atoms with van der Waals surface area (Å²) in [5.41, 5.74) is 2.10. The second-order valence-electron chi connectivity index (χ2n) is 9.07. The third-order valence-corrected chi connectivity index (χ3v) is 8.09. The number of aromatic nitrogens is 1. The Labute approximate surface area is 183 Å². The molecule has 2 aliphatic carbocycles. The lowest BCUT2D eigenvalue weighted by Gasteiger charge is -2.34. The van der Waals surface area contributed by atoms with E-state index < -0.39 is 0 Å². The number of nitrogens with zero attached hydrogens (tertiary/aromatic N) is 3. The summed E-state index contributed by atoms with van der Waals surface area (Å²) in [6.07, 6.45) is 10.9. The summed E-state index contributed by atoms with van der Waals surface area (Å²) in [4.78, 5) is 21.1. The minimum atomic E-state index is -0.0840. The quantitative estimate of drug-likeness (QED) is 0.648. The first-order valence-corrected chi connectivity index (χ1v) is 11.9. The third-order valence-electron chi connectivity index (χ3n) is 7.04. The number of amides is 1. The van der Waals surface area contributed by atoms with Crippen LogP contribution in [0.25, 0.3) is 0 Å². The normalized spacial score (nSPS) is 20.3. The molecule has 30 heavy (non-hydrogen) atoms. The lowest BCUT2D eigenvalue weighted by Crippen LogP contribution is -2.36. The van der Waals surface area contributed by atoms with Crippen LogP contribution in [-0.2, 0) is 0 Å². The standard InChI is InChI=1S/C24H30N4OS/c1-27(19-6-3-7-19)30-20-8-2-5-18(17-20)26-23(29)21-9-4-14-25-22(21)28-15-12-24(10-11-24)13-16-28/h2,4-5,8-9,14,17,19H,3,6-7,10-13,15-16H2,1H3,(H,26,29). The number of carbonyl (C=O) groups excluding carboxylic acids is 1. The Kier molecular flexibility index (Phi) is 5.46. The number of pyridine rings is 1. The van der Waals surface area contributed by atoms with Gasteiger partial charge in [0.15, 0.2) is 0 Å². The highest BCUT2D eigenvalue weighted by Crippen LogP contribution is 2.53. The highest BCUT2D eigenvalue weighted by molar-refractivity contribution is 7.97. The van der Waals surface area contributed by atoms with Crippen molar-refractivity contribution in [2.24, 2.45) is 5.41 Å². The zero-order chi connectivity index (χ0) is 20.6. The van der Waals surface area contributed by atoms with Crippen molar-refractivity contribution in [3.63, 3.8) is 0 Å². The molecular weight excluding hydrogens is 392 g/mol. The number of piperidine rings is 1. The molecule has 3 aliphatic rings. The van der Waals surface area contributed by atoms with E-state index in [1.807, 2.05) is 24.3 Å². The van der Waals surface area contributed by atoms with Crippen molar-refractivity contribution in [1.82, 2.24) is 9.29 Å². The molecule has 1 aromatic heterocycles. The van der Waals surface area contributed by atoms with E-state index in [-0.39, 0.29) is 5.91 Å². The summed E-state index contributed by atoms with van der Waals surface area (Å²) >= 11 is 1.76. The molecule has 0 bridgehead atoms. The molecule has 1 N–H and O–H groups in total. The van der Waals surface area contributed by atoms with Crippen LogP contribution in [-0.4, -0.2) is 41.4 Å². The second-order valence-corrected chi connectivity index (χ2v) is 10.3. The molecule has 1 amide bonds. The van der Waals surface area contributed by atoms with Gasteiger partial charge in [-0.05, 0) is 93.3 Å². The zero-order valence-electron chi connectivity index (χ0n) is 17.6. The predicted molar refractivity (Wildman–Crippen MR) is 123 cm³/mol. The largest absolute Gasteiger partial charge is 0.356 e. The van der Waals surface area contributed by atoms with Crippen LogP contribution in [0.1, 0.15) is 55.3 Å². The molecule has 2 saturated carbocycles. The molecule has 5 nitrogen and oxygen atoms in total. The fourth-order valence-corrected chi connectivity index (χ4v) is 5.53. The van der Waals surface area contributed by atoms with E-state index in [9.17, 15) is 4.79 Å².